The van der Waals surface area contributed by atoms with Gasteiger partial charge in [-0.05, 0) is 32.8 Å². The first-order valence-electron chi connectivity index (χ1n) is 6.18. The van der Waals surface area contributed by atoms with Gasteiger partial charge in [0, 0.05) is 28.7 Å². The van der Waals surface area contributed by atoms with E-state index in [1.807, 2.05) is 6.92 Å². The Morgan fingerprint density at radius 2 is 2.30 bits per heavy atom. The Kier molecular flexibility index (Phi) is 4.44. The predicted molar refractivity (Wildman–Crippen MR) is 78.0 cm³/mol. The molecule has 0 saturated carbocycles. The van der Waals surface area contributed by atoms with Crippen LogP contribution in [0, 0.1) is 6.92 Å². The molecule has 112 valence electrons. The monoisotopic (exact) mass is 337 g/mol. The van der Waals surface area contributed by atoms with Crippen LogP contribution in [0.4, 0.5) is 0 Å². The quantitative estimate of drug-likeness (QED) is 0.855. The van der Waals surface area contributed by atoms with Crippen molar-refractivity contribution in [2.75, 3.05) is 13.2 Å². The number of carbonyl (C=O) groups is 1. The van der Waals surface area contributed by atoms with Crippen molar-refractivity contribution in [1.29, 1.82) is 0 Å². The summed E-state index contributed by atoms with van der Waals surface area (Å²) in [5.74, 6) is -0.304. The van der Waals surface area contributed by atoms with Crippen molar-refractivity contribution in [3.05, 3.63) is 15.8 Å². The van der Waals surface area contributed by atoms with Crippen LogP contribution in [0.2, 0.25) is 0 Å². The van der Waals surface area contributed by atoms with Crippen LogP contribution in [-0.4, -0.2) is 33.1 Å². The first kappa shape index (κ1) is 15.8. The summed E-state index contributed by atoms with van der Waals surface area (Å²) in [7, 11) is 1.50. The number of carbonyl (C=O) groups excluding carboxylic acids is 1. The van der Waals surface area contributed by atoms with Crippen molar-refractivity contribution in [2.45, 2.75) is 37.2 Å². The summed E-state index contributed by atoms with van der Waals surface area (Å²) in [6.45, 7) is 4.69. The topological polar surface area (TPSA) is 72.5 Å². The highest BCUT2D eigenvalue weighted by molar-refractivity contribution is 8.13. The minimum atomic E-state index is -3.81. The van der Waals surface area contributed by atoms with E-state index < -0.39 is 9.05 Å². The molecule has 1 aromatic heterocycles. The van der Waals surface area contributed by atoms with E-state index in [9.17, 15) is 13.2 Å². The van der Waals surface area contributed by atoms with Crippen LogP contribution in [0.25, 0.3) is 0 Å². The molecule has 0 bridgehead atoms. The van der Waals surface area contributed by atoms with Gasteiger partial charge >= 0.3 is 0 Å². The number of hydrogen-bond donors (Lipinski definition) is 1. The van der Waals surface area contributed by atoms with Crippen molar-refractivity contribution in [3.8, 4) is 0 Å². The summed E-state index contributed by atoms with van der Waals surface area (Å²) in [6, 6.07) is 1.31. The average Bonchev–Trinajstić information content (AvgIpc) is 2.92. The highest BCUT2D eigenvalue weighted by Crippen LogP contribution is 2.28. The van der Waals surface area contributed by atoms with E-state index in [0.717, 1.165) is 24.2 Å². The highest BCUT2D eigenvalue weighted by atomic mass is 35.7. The molecule has 0 aromatic carbocycles. The number of ether oxygens (including phenoxy) is 1. The largest absolute Gasteiger partial charge is 0.373 e. The fraction of sp³-hybridized carbons (Fsp3) is 0.583. The summed E-state index contributed by atoms with van der Waals surface area (Å²) in [5, 5.41) is 2.78. The Bertz CT molecular complexity index is 617. The minimum absolute atomic E-state index is 0.00218. The van der Waals surface area contributed by atoms with Gasteiger partial charge < -0.3 is 10.1 Å². The van der Waals surface area contributed by atoms with Crippen LogP contribution in [0.3, 0.4) is 0 Å². The van der Waals surface area contributed by atoms with Gasteiger partial charge in [0.1, 0.15) is 0 Å². The van der Waals surface area contributed by atoms with Gasteiger partial charge in [0.25, 0.3) is 15.0 Å². The summed E-state index contributed by atoms with van der Waals surface area (Å²) in [4.78, 5) is 12.9. The number of halogens is 1. The molecule has 1 amide bonds. The van der Waals surface area contributed by atoms with Gasteiger partial charge in [0.05, 0.1) is 15.4 Å². The number of amides is 1. The summed E-state index contributed by atoms with van der Waals surface area (Å²) in [5.41, 5.74) is -0.330. The van der Waals surface area contributed by atoms with Crippen LogP contribution in [0.1, 0.15) is 34.3 Å². The van der Waals surface area contributed by atoms with E-state index in [1.54, 1.807) is 6.92 Å². The zero-order valence-corrected chi connectivity index (χ0v) is 13.6. The number of hydrogen-bond acceptors (Lipinski definition) is 5. The van der Waals surface area contributed by atoms with Crippen molar-refractivity contribution in [2.24, 2.45) is 0 Å². The lowest BCUT2D eigenvalue weighted by atomic mass is 10.0. The Morgan fingerprint density at radius 1 is 1.60 bits per heavy atom. The summed E-state index contributed by atoms with van der Waals surface area (Å²) in [6.07, 6.45) is 1.89. The molecular weight excluding hydrogens is 322 g/mol. The molecule has 1 fully saturated rings. The summed E-state index contributed by atoms with van der Waals surface area (Å²) >= 11 is 1.11. The Hall–Kier alpha value is -0.630. The fourth-order valence-electron chi connectivity index (χ4n) is 2.15. The maximum atomic E-state index is 12.0. The van der Waals surface area contributed by atoms with Crippen LogP contribution in [-0.2, 0) is 13.8 Å². The molecule has 8 heteroatoms. The van der Waals surface area contributed by atoms with Crippen LogP contribution in [0.15, 0.2) is 11.0 Å². The lowest BCUT2D eigenvalue weighted by Gasteiger charge is -2.23. The van der Waals surface area contributed by atoms with Gasteiger partial charge in [-0.3, -0.25) is 4.79 Å². The number of nitrogens with one attached hydrogen (secondary N) is 1. The molecule has 1 N–H and O–H groups in total. The zero-order chi connectivity index (χ0) is 15.0. The van der Waals surface area contributed by atoms with E-state index in [1.165, 1.54) is 6.07 Å². The molecule has 1 aliphatic heterocycles. The zero-order valence-electron chi connectivity index (χ0n) is 11.2. The van der Waals surface area contributed by atoms with Gasteiger partial charge in [-0.25, -0.2) is 8.42 Å². The molecule has 1 saturated heterocycles. The molecule has 2 heterocycles. The lowest BCUT2D eigenvalue weighted by Crippen LogP contribution is -2.39. The molecule has 0 radical (unpaired) electrons. The molecule has 1 unspecified atom stereocenters. The van der Waals surface area contributed by atoms with Gasteiger partial charge in [-0.2, -0.15) is 0 Å². The Morgan fingerprint density at radius 3 is 2.80 bits per heavy atom. The molecule has 1 atom stereocenters. The molecule has 5 nitrogen and oxygen atoms in total. The van der Waals surface area contributed by atoms with Gasteiger partial charge in [0.15, 0.2) is 0 Å². The SMILES string of the molecule is Cc1sc(C(=O)NCC2(C)CCCO2)cc1S(=O)(=O)Cl. The number of aryl methyl sites for hydroxylation is 1. The van der Waals surface area contributed by atoms with Crippen LogP contribution < -0.4 is 5.32 Å². The fourth-order valence-corrected chi connectivity index (χ4v) is 4.73. The maximum absolute atomic E-state index is 12.0. The molecule has 1 aliphatic rings. The second-order valence-electron chi connectivity index (χ2n) is 5.05. The van der Waals surface area contributed by atoms with E-state index >= 15 is 0 Å². The first-order chi connectivity index (χ1) is 9.21. The second kappa shape index (κ2) is 5.63. The lowest BCUT2D eigenvalue weighted by molar-refractivity contribution is 0.0206. The van der Waals surface area contributed by atoms with Crippen LogP contribution >= 0.6 is 22.0 Å². The van der Waals surface area contributed by atoms with Gasteiger partial charge in [-0.1, -0.05) is 0 Å². The molecule has 20 heavy (non-hydrogen) atoms. The van der Waals surface area contributed by atoms with Crippen molar-refractivity contribution in [1.82, 2.24) is 5.32 Å². The number of rotatable bonds is 4. The Labute approximate surface area is 126 Å². The van der Waals surface area contributed by atoms with Crippen LogP contribution in [0.5, 0.6) is 0 Å². The molecule has 2 rings (SSSR count). The third-order valence-corrected chi connectivity index (χ3v) is 5.91. The molecular formula is C12H16ClNO4S2. The molecule has 1 aromatic rings. The van der Waals surface area contributed by atoms with E-state index in [0.29, 0.717) is 22.9 Å². The molecule has 0 aliphatic carbocycles. The van der Waals surface area contributed by atoms with Gasteiger partial charge in [0.2, 0.25) is 0 Å². The third-order valence-electron chi connectivity index (χ3n) is 3.28. The normalized spacial score (nSPS) is 22.9. The smallest absolute Gasteiger partial charge is 0.262 e. The van der Waals surface area contributed by atoms with E-state index in [2.05, 4.69) is 5.32 Å². The first-order valence-corrected chi connectivity index (χ1v) is 9.31. The standard InChI is InChI=1S/C12H16ClNO4S2/c1-8-10(20(13,16)17)6-9(19-8)11(15)14-7-12(2)4-3-5-18-12/h6H,3-5,7H2,1-2H3,(H,14,15). The maximum Gasteiger partial charge on any atom is 0.262 e. The minimum Gasteiger partial charge on any atom is -0.373 e. The second-order valence-corrected chi connectivity index (χ2v) is 8.84. The van der Waals surface area contributed by atoms with Crippen molar-refractivity contribution < 1.29 is 17.9 Å². The highest BCUT2D eigenvalue weighted by Gasteiger charge is 2.30. The van der Waals surface area contributed by atoms with Crippen molar-refractivity contribution >= 4 is 37.0 Å². The Balaban J connectivity index is 2.07. The van der Waals surface area contributed by atoms with Gasteiger partial charge in [-0.15, -0.1) is 11.3 Å². The summed E-state index contributed by atoms with van der Waals surface area (Å²) < 4.78 is 28.2. The van der Waals surface area contributed by atoms with Crippen molar-refractivity contribution in [3.63, 3.8) is 0 Å². The number of thiophene rings is 1. The average molecular weight is 338 g/mol. The third kappa shape index (κ3) is 3.52. The molecule has 0 spiro atoms. The van der Waals surface area contributed by atoms with E-state index in [4.69, 9.17) is 15.4 Å². The predicted octanol–water partition coefficient (Wildman–Crippen LogP) is 2.28. The van der Waals surface area contributed by atoms with E-state index in [-0.39, 0.29) is 16.4 Å².